The highest BCUT2D eigenvalue weighted by Crippen LogP contribution is 2.21. The van der Waals surface area contributed by atoms with Crippen LogP contribution in [0.4, 0.5) is 4.39 Å². The highest BCUT2D eigenvalue weighted by atomic mass is 32.1. The van der Waals surface area contributed by atoms with Crippen LogP contribution in [0.3, 0.4) is 0 Å². The first-order valence-electron chi connectivity index (χ1n) is 9.19. The maximum Gasteiger partial charge on any atom is 0.309 e. The van der Waals surface area contributed by atoms with Gasteiger partial charge in [-0.1, -0.05) is 0 Å². The van der Waals surface area contributed by atoms with E-state index >= 15 is 0 Å². The Balaban J connectivity index is 1.31. The van der Waals surface area contributed by atoms with Gasteiger partial charge in [0.05, 0.1) is 11.4 Å². The van der Waals surface area contributed by atoms with E-state index in [-0.39, 0.29) is 30.0 Å². The third kappa shape index (κ3) is 4.19. The lowest BCUT2D eigenvalue weighted by molar-refractivity contribution is -0.151. The summed E-state index contributed by atoms with van der Waals surface area (Å²) in [5.41, 5.74) is 0.757. The Bertz CT molecular complexity index is 1100. The zero-order valence-electron chi connectivity index (χ0n) is 15.4. The number of benzene rings is 1. The van der Waals surface area contributed by atoms with Crippen molar-refractivity contribution in [2.24, 2.45) is 5.92 Å². The van der Waals surface area contributed by atoms with Gasteiger partial charge in [0.25, 0.3) is 11.5 Å². The summed E-state index contributed by atoms with van der Waals surface area (Å²) < 4.78 is 18.9. The first-order valence-corrected chi connectivity index (χ1v) is 10.1. The summed E-state index contributed by atoms with van der Waals surface area (Å²) in [5.74, 6) is -0.950. The quantitative estimate of drug-likeness (QED) is 0.662. The van der Waals surface area contributed by atoms with Gasteiger partial charge in [0.2, 0.25) is 0 Å². The average molecular weight is 415 g/mol. The van der Waals surface area contributed by atoms with Gasteiger partial charge in [0.1, 0.15) is 22.9 Å². The van der Waals surface area contributed by atoms with Crippen LogP contribution >= 0.6 is 11.3 Å². The molecule has 1 aliphatic heterocycles. The molecule has 0 aliphatic carbocycles. The zero-order valence-corrected chi connectivity index (χ0v) is 16.2. The summed E-state index contributed by atoms with van der Waals surface area (Å²) in [6.45, 7) is 0.742. The predicted octanol–water partition coefficient (Wildman–Crippen LogP) is 2.72. The Morgan fingerprint density at radius 3 is 2.66 bits per heavy atom. The number of aromatic nitrogens is 2. The molecule has 150 valence electrons. The number of amides is 1. The third-order valence-corrected chi connectivity index (χ3v) is 5.82. The number of H-pyrrole nitrogens is 1. The van der Waals surface area contributed by atoms with Crippen LogP contribution in [0.25, 0.3) is 10.2 Å². The number of esters is 1. The number of aromatic amines is 1. The number of carbonyl (C=O) groups is 2. The summed E-state index contributed by atoms with van der Waals surface area (Å²) in [6.07, 6.45) is 0.971. The number of thiophene rings is 1. The highest BCUT2D eigenvalue weighted by molar-refractivity contribution is 7.17. The van der Waals surface area contributed by atoms with Crippen LogP contribution in [0, 0.1) is 11.7 Å². The SMILES string of the molecule is O=C(OCc1nc2ccsc2c(=O)[nH]1)C1CCN(C(=O)c2ccc(F)cc2)CC1. The molecule has 29 heavy (non-hydrogen) atoms. The fraction of sp³-hybridized carbons (Fsp3) is 0.300. The van der Waals surface area contributed by atoms with Crippen LogP contribution in [0.15, 0.2) is 40.5 Å². The molecule has 1 amide bonds. The van der Waals surface area contributed by atoms with Crippen LogP contribution in [0.5, 0.6) is 0 Å². The molecule has 9 heteroatoms. The Labute approximate surface area is 169 Å². The number of piperidine rings is 1. The van der Waals surface area contributed by atoms with Crippen molar-refractivity contribution in [2.45, 2.75) is 19.4 Å². The number of hydrogen-bond donors (Lipinski definition) is 1. The van der Waals surface area contributed by atoms with Crippen LogP contribution in [0.1, 0.15) is 29.0 Å². The monoisotopic (exact) mass is 415 g/mol. The van der Waals surface area contributed by atoms with Crippen molar-refractivity contribution in [1.82, 2.24) is 14.9 Å². The van der Waals surface area contributed by atoms with E-state index in [2.05, 4.69) is 9.97 Å². The Morgan fingerprint density at radius 1 is 1.21 bits per heavy atom. The number of carbonyl (C=O) groups excluding carboxylic acids is 2. The molecule has 2 aromatic heterocycles. The van der Waals surface area contributed by atoms with E-state index in [0.717, 1.165) is 0 Å². The minimum absolute atomic E-state index is 0.103. The van der Waals surface area contributed by atoms with E-state index in [0.29, 0.717) is 47.5 Å². The molecule has 3 heterocycles. The van der Waals surface area contributed by atoms with Gasteiger partial charge in [0, 0.05) is 18.7 Å². The molecule has 0 bridgehead atoms. The van der Waals surface area contributed by atoms with Crippen molar-refractivity contribution >= 4 is 33.4 Å². The highest BCUT2D eigenvalue weighted by Gasteiger charge is 2.29. The number of nitrogens with zero attached hydrogens (tertiary/aromatic N) is 2. The molecular weight excluding hydrogens is 397 g/mol. The second-order valence-corrected chi connectivity index (χ2v) is 7.74. The van der Waals surface area contributed by atoms with E-state index in [1.54, 1.807) is 16.3 Å². The molecule has 0 unspecified atom stereocenters. The molecule has 7 nitrogen and oxygen atoms in total. The van der Waals surface area contributed by atoms with E-state index in [1.807, 2.05) is 0 Å². The largest absolute Gasteiger partial charge is 0.457 e. The normalized spacial score (nSPS) is 14.9. The van der Waals surface area contributed by atoms with E-state index in [9.17, 15) is 18.8 Å². The molecule has 1 aliphatic rings. The lowest BCUT2D eigenvalue weighted by Gasteiger charge is -2.31. The van der Waals surface area contributed by atoms with E-state index in [1.165, 1.54) is 35.6 Å². The lowest BCUT2D eigenvalue weighted by Crippen LogP contribution is -2.40. The standard InChI is InChI=1S/C20H18FN3O4S/c21-14-3-1-12(2-4-14)19(26)24-8-5-13(6-9-24)20(27)28-11-16-22-15-7-10-29-17(15)18(25)23-16/h1-4,7,10,13H,5-6,8-9,11H2,(H,22,23,25). The molecule has 3 aromatic rings. The van der Waals surface area contributed by atoms with Gasteiger partial charge in [-0.05, 0) is 48.6 Å². The molecule has 1 aromatic carbocycles. The summed E-state index contributed by atoms with van der Waals surface area (Å²) in [6, 6.07) is 7.16. The molecule has 4 rings (SSSR count). The number of likely N-dealkylation sites (tertiary alicyclic amines) is 1. The summed E-state index contributed by atoms with van der Waals surface area (Å²) in [4.78, 5) is 45.4. The first-order chi connectivity index (χ1) is 14.0. The molecule has 0 saturated carbocycles. The lowest BCUT2D eigenvalue weighted by atomic mass is 9.96. The Hall–Kier alpha value is -3.07. The average Bonchev–Trinajstić information content (AvgIpc) is 3.21. The van der Waals surface area contributed by atoms with Crippen LogP contribution < -0.4 is 5.56 Å². The summed E-state index contributed by atoms with van der Waals surface area (Å²) >= 11 is 1.31. The summed E-state index contributed by atoms with van der Waals surface area (Å²) in [5, 5.41) is 1.78. The van der Waals surface area contributed by atoms with Crippen molar-refractivity contribution < 1.29 is 18.7 Å². The van der Waals surface area contributed by atoms with Crippen LogP contribution in [0.2, 0.25) is 0 Å². The van der Waals surface area contributed by atoms with Crippen LogP contribution in [-0.4, -0.2) is 39.8 Å². The molecule has 0 radical (unpaired) electrons. The molecule has 0 spiro atoms. The number of fused-ring (bicyclic) bond motifs is 1. The third-order valence-electron chi connectivity index (χ3n) is 4.92. The Morgan fingerprint density at radius 2 is 1.93 bits per heavy atom. The predicted molar refractivity (Wildman–Crippen MR) is 105 cm³/mol. The second-order valence-electron chi connectivity index (χ2n) is 6.83. The van der Waals surface area contributed by atoms with Gasteiger partial charge in [-0.15, -0.1) is 11.3 Å². The minimum atomic E-state index is -0.392. The van der Waals surface area contributed by atoms with Crippen molar-refractivity contribution in [2.75, 3.05) is 13.1 Å². The number of hydrogen-bond acceptors (Lipinski definition) is 6. The molecule has 0 atom stereocenters. The van der Waals surface area contributed by atoms with E-state index in [4.69, 9.17) is 4.74 Å². The number of nitrogens with one attached hydrogen (secondary N) is 1. The topological polar surface area (TPSA) is 92.4 Å². The van der Waals surface area contributed by atoms with Crippen molar-refractivity contribution in [1.29, 1.82) is 0 Å². The first kappa shape index (κ1) is 19.3. The zero-order chi connectivity index (χ0) is 20.4. The second kappa shape index (κ2) is 8.12. The van der Waals surface area contributed by atoms with Crippen molar-refractivity contribution in [3.8, 4) is 0 Å². The van der Waals surface area contributed by atoms with Gasteiger partial charge in [-0.25, -0.2) is 9.37 Å². The number of rotatable bonds is 4. The molecule has 1 saturated heterocycles. The van der Waals surface area contributed by atoms with Gasteiger partial charge >= 0.3 is 5.97 Å². The smallest absolute Gasteiger partial charge is 0.309 e. The fourth-order valence-corrected chi connectivity index (χ4v) is 4.07. The van der Waals surface area contributed by atoms with Crippen LogP contribution in [-0.2, 0) is 16.1 Å². The molecule has 1 N–H and O–H groups in total. The van der Waals surface area contributed by atoms with Gasteiger partial charge in [0.15, 0.2) is 0 Å². The van der Waals surface area contributed by atoms with E-state index < -0.39 is 5.82 Å². The summed E-state index contributed by atoms with van der Waals surface area (Å²) in [7, 11) is 0. The van der Waals surface area contributed by atoms with Gasteiger partial charge in [-0.2, -0.15) is 0 Å². The maximum atomic E-state index is 13.0. The minimum Gasteiger partial charge on any atom is -0.457 e. The molecule has 1 fully saturated rings. The van der Waals surface area contributed by atoms with Gasteiger partial charge in [-0.3, -0.25) is 14.4 Å². The fourth-order valence-electron chi connectivity index (χ4n) is 3.34. The maximum absolute atomic E-state index is 13.0. The van der Waals surface area contributed by atoms with Crippen molar-refractivity contribution in [3.05, 3.63) is 63.3 Å². The number of ether oxygens (including phenoxy) is 1. The number of halogens is 1. The van der Waals surface area contributed by atoms with Gasteiger partial charge < -0.3 is 14.6 Å². The van der Waals surface area contributed by atoms with Crippen molar-refractivity contribution in [3.63, 3.8) is 0 Å². The Kier molecular flexibility index (Phi) is 5.39. The molecular formula is C20H18FN3O4S.